The van der Waals surface area contributed by atoms with E-state index in [2.05, 4.69) is 15.2 Å². The van der Waals surface area contributed by atoms with Gasteiger partial charge in [-0.3, -0.25) is 4.90 Å². The maximum absolute atomic E-state index is 12.7. The van der Waals surface area contributed by atoms with Crippen LogP contribution in [0.3, 0.4) is 0 Å². The fraction of sp³-hybridized carbons (Fsp3) is 0.615. The summed E-state index contributed by atoms with van der Waals surface area (Å²) < 4.78 is 43.4. The largest absolute Gasteiger partial charge is 0.416 e. The van der Waals surface area contributed by atoms with Crippen molar-refractivity contribution in [1.82, 2.24) is 9.88 Å². The molecule has 1 saturated heterocycles. The van der Waals surface area contributed by atoms with Crippen LogP contribution in [-0.2, 0) is 10.9 Å². The molecule has 0 spiro atoms. The number of aromatic nitrogens is 1. The third-order valence-electron chi connectivity index (χ3n) is 3.20. The number of halogens is 3. The minimum Gasteiger partial charge on any atom is -0.384 e. The van der Waals surface area contributed by atoms with Crippen molar-refractivity contribution in [2.45, 2.75) is 19.1 Å². The Kier molecular flexibility index (Phi) is 4.89. The summed E-state index contributed by atoms with van der Waals surface area (Å²) in [6, 6.07) is 1.77. The van der Waals surface area contributed by atoms with Crippen molar-refractivity contribution >= 4 is 11.6 Å². The summed E-state index contributed by atoms with van der Waals surface area (Å²) in [4.78, 5) is 6.10. The molecule has 3 N–H and O–H groups in total. The fourth-order valence-electron chi connectivity index (χ4n) is 2.26. The lowest BCUT2D eigenvalue weighted by atomic mass is 10.2. The molecule has 1 aromatic heterocycles. The lowest BCUT2D eigenvalue weighted by Crippen LogP contribution is -2.42. The number of nitrogens with one attached hydrogen (secondary N) is 1. The van der Waals surface area contributed by atoms with E-state index in [4.69, 9.17) is 10.5 Å². The first-order valence-electron chi connectivity index (χ1n) is 6.76. The highest BCUT2D eigenvalue weighted by molar-refractivity contribution is 5.47. The first kappa shape index (κ1) is 15.8. The number of nitrogens with zero attached hydrogens (tertiary/aromatic N) is 2. The predicted molar refractivity (Wildman–Crippen MR) is 74.0 cm³/mol. The smallest absolute Gasteiger partial charge is 0.384 e. The highest BCUT2D eigenvalue weighted by Gasteiger charge is 2.31. The molecule has 1 fully saturated rings. The molecule has 0 aliphatic carbocycles. The van der Waals surface area contributed by atoms with E-state index in [1.54, 1.807) is 0 Å². The van der Waals surface area contributed by atoms with Crippen molar-refractivity contribution < 1.29 is 17.9 Å². The highest BCUT2D eigenvalue weighted by atomic mass is 19.4. The van der Waals surface area contributed by atoms with Gasteiger partial charge in [-0.05, 0) is 19.1 Å². The molecule has 1 aliphatic heterocycles. The van der Waals surface area contributed by atoms with E-state index in [0.29, 0.717) is 19.8 Å². The van der Waals surface area contributed by atoms with Gasteiger partial charge in [0.05, 0.1) is 18.8 Å². The number of nitrogen functional groups attached to an aromatic ring is 1. The zero-order valence-corrected chi connectivity index (χ0v) is 11.8. The van der Waals surface area contributed by atoms with Crippen LogP contribution in [0.1, 0.15) is 12.5 Å². The standard InChI is InChI=1S/C13H19F3N4O/c1-9(8-20-2-4-21-5-3-20)18-12-7-10(13(14,15)16)6-11(17)19-12/h6-7,9H,2-5,8H2,1H3,(H3,17,18,19). The summed E-state index contributed by atoms with van der Waals surface area (Å²) in [6.07, 6.45) is -4.43. The summed E-state index contributed by atoms with van der Waals surface area (Å²) in [5, 5.41) is 2.97. The van der Waals surface area contributed by atoms with Crippen LogP contribution in [-0.4, -0.2) is 48.8 Å². The van der Waals surface area contributed by atoms with E-state index in [1.807, 2.05) is 6.92 Å². The van der Waals surface area contributed by atoms with Gasteiger partial charge in [0.1, 0.15) is 11.6 Å². The Morgan fingerprint density at radius 1 is 1.38 bits per heavy atom. The monoisotopic (exact) mass is 304 g/mol. The average Bonchev–Trinajstić information content (AvgIpc) is 2.37. The summed E-state index contributed by atoms with van der Waals surface area (Å²) in [6.45, 7) is 5.62. The van der Waals surface area contributed by atoms with Crippen LogP contribution in [0.5, 0.6) is 0 Å². The number of anilines is 2. The van der Waals surface area contributed by atoms with Gasteiger partial charge in [0.15, 0.2) is 0 Å². The Morgan fingerprint density at radius 3 is 2.67 bits per heavy atom. The molecule has 0 saturated carbocycles. The maximum atomic E-state index is 12.7. The Morgan fingerprint density at radius 2 is 2.05 bits per heavy atom. The van der Waals surface area contributed by atoms with Crippen LogP contribution >= 0.6 is 0 Å². The van der Waals surface area contributed by atoms with Crippen molar-refractivity contribution in [3.05, 3.63) is 17.7 Å². The van der Waals surface area contributed by atoms with E-state index in [-0.39, 0.29) is 17.7 Å². The first-order chi connectivity index (χ1) is 9.84. The SMILES string of the molecule is CC(CN1CCOCC1)Nc1cc(C(F)(F)F)cc(N)n1. The minimum atomic E-state index is -4.43. The van der Waals surface area contributed by atoms with E-state index in [9.17, 15) is 13.2 Å². The summed E-state index contributed by atoms with van der Waals surface area (Å²) >= 11 is 0. The topological polar surface area (TPSA) is 63.4 Å². The number of alkyl halides is 3. The van der Waals surface area contributed by atoms with E-state index in [0.717, 1.165) is 25.2 Å². The molecule has 1 unspecified atom stereocenters. The molecule has 0 bridgehead atoms. The molecule has 8 heteroatoms. The van der Waals surface area contributed by atoms with Gasteiger partial charge in [0, 0.05) is 25.7 Å². The number of ether oxygens (including phenoxy) is 1. The van der Waals surface area contributed by atoms with Gasteiger partial charge >= 0.3 is 6.18 Å². The molecule has 2 rings (SSSR count). The summed E-state index contributed by atoms with van der Waals surface area (Å²) in [5.41, 5.74) is 4.64. The molecular formula is C13H19F3N4O. The van der Waals surface area contributed by atoms with Crippen LogP contribution in [0.25, 0.3) is 0 Å². The molecule has 118 valence electrons. The Balaban J connectivity index is 1.99. The lowest BCUT2D eigenvalue weighted by molar-refractivity contribution is -0.137. The Labute approximate surface area is 121 Å². The number of pyridine rings is 1. The van der Waals surface area contributed by atoms with Crippen LogP contribution in [0.15, 0.2) is 12.1 Å². The van der Waals surface area contributed by atoms with Crippen molar-refractivity contribution in [3.8, 4) is 0 Å². The highest BCUT2D eigenvalue weighted by Crippen LogP contribution is 2.31. The average molecular weight is 304 g/mol. The zero-order chi connectivity index (χ0) is 15.5. The van der Waals surface area contributed by atoms with Gasteiger partial charge in [0.2, 0.25) is 0 Å². The number of rotatable bonds is 4. The van der Waals surface area contributed by atoms with Crippen LogP contribution in [0, 0.1) is 0 Å². The predicted octanol–water partition coefficient (Wildman–Crippen LogP) is 1.82. The molecule has 0 amide bonds. The molecule has 1 aliphatic rings. The Hall–Kier alpha value is -1.54. The molecule has 1 aromatic rings. The van der Waals surface area contributed by atoms with Crippen LogP contribution in [0.4, 0.5) is 24.8 Å². The van der Waals surface area contributed by atoms with Crippen molar-refractivity contribution in [2.75, 3.05) is 43.9 Å². The molecule has 2 heterocycles. The zero-order valence-electron chi connectivity index (χ0n) is 11.8. The maximum Gasteiger partial charge on any atom is 0.416 e. The van der Waals surface area contributed by atoms with Gasteiger partial charge in [-0.25, -0.2) is 4.98 Å². The minimum absolute atomic E-state index is 0.0431. The molecule has 5 nitrogen and oxygen atoms in total. The van der Waals surface area contributed by atoms with Crippen LogP contribution < -0.4 is 11.1 Å². The quantitative estimate of drug-likeness (QED) is 0.888. The van der Waals surface area contributed by atoms with E-state index in [1.165, 1.54) is 0 Å². The van der Waals surface area contributed by atoms with E-state index < -0.39 is 11.7 Å². The second kappa shape index (κ2) is 6.48. The molecule has 0 aromatic carbocycles. The second-order valence-corrected chi connectivity index (χ2v) is 5.12. The number of hydrogen-bond acceptors (Lipinski definition) is 5. The number of hydrogen-bond donors (Lipinski definition) is 2. The fourth-order valence-corrected chi connectivity index (χ4v) is 2.26. The van der Waals surface area contributed by atoms with Gasteiger partial charge in [-0.1, -0.05) is 0 Å². The third-order valence-corrected chi connectivity index (χ3v) is 3.20. The summed E-state index contributed by atoms with van der Waals surface area (Å²) in [7, 11) is 0. The molecule has 1 atom stereocenters. The van der Waals surface area contributed by atoms with Gasteiger partial charge in [0.25, 0.3) is 0 Å². The van der Waals surface area contributed by atoms with Gasteiger partial charge < -0.3 is 15.8 Å². The van der Waals surface area contributed by atoms with Crippen molar-refractivity contribution in [2.24, 2.45) is 0 Å². The van der Waals surface area contributed by atoms with E-state index >= 15 is 0 Å². The van der Waals surface area contributed by atoms with Gasteiger partial charge in [-0.2, -0.15) is 13.2 Å². The van der Waals surface area contributed by atoms with Gasteiger partial charge in [-0.15, -0.1) is 0 Å². The number of nitrogens with two attached hydrogens (primary N) is 1. The first-order valence-corrected chi connectivity index (χ1v) is 6.76. The molecule has 0 radical (unpaired) electrons. The normalized spacial score (nSPS) is 18.5. The molecule has 21 heavy (non-hydrogen) atoms. The van der Waals surface area contributed by atoms with Crippen LogP contribution in [0.2, 0.25) is 0 Å². The third kappa shape index (κ3) is 4.75. The van der Waals surface area contributed by atoms with Crippen molar-refractivity contribution in [1.29, 1.82) is 0 Å². The Bertz CT molecular complexity index is 475. The second-order valence-electron chi connectivity index (χ2n) is 5.12. The number of morpholine rings is 1. The molecular weight excluding hydrogens is 285 g/mol. The lowest BCUT2D eigenvalue weighted by Gasteiger charge is -2.29. The summed E-state index contributed by atoms with van der Waals surface area (Å²) in [5.74, 6) is -0.00557. The van der Waals surface area contributed by atoms with Crippen molar-refractivity contribution in [3.63, 3.8) is 0 Å².